The van der Waals surface area contributed by atoms with Crippen molar-refractivity contribution in [2.24, 2.45) is 11.8 Å². The molecule has 1 aromatic rings. The summed E-state index contributed by atoms with van der Waals surface area (Å²) in [6.45, 7) is 15.7. The number of amides is 2. The molecule has 0 aliphatic carbocycles. The molecule has 186 valence electrons. The molecule has 6 heteroatoms. The predicted octanol–water partition coefficient (Wildman–Crippen LogP) is 5.04. The molecule has 0 saturated carbocycles. The third kappa shape index (κ3) is 9.40. The van der Waals surface area contributed by atoms with Gasteiger partial charge in [-0.05, 0) is 37.2 Å². The van der Waals surface area contributed by atoms with Gasteiger partial charge in [-0.1, -0.05) is 84.9 Å². The summed E-state index contributed by atoms with van der Waals surface area (Å²) in [5, 5.41) is 11.9. The first kappa shape index (κ1) is 30.4. The van der Waals surface area contributed by atoms with Gasteiger partial charge in [0.05, 0.1) is 18.0 Å². The maximum Gasteiger partial charge on any atom is 0.331 e. The van der Waals surface area contributed by atoms with E-state index < -0.39 is 11.4 Å². The van der Waals surface area contributed by atoms with Crippen LogP contribution in [0.5, 0.6) is 0 Å². The van der Waals surface area contributed by atoms with Gasteiger partial charge in [0.15, 0.2) is 0 Å². The Hall–Kier alpha value is -2.63. The van der Waals surface area contributed by atoms with Crippen molar-refractivity contribution in [2.75, 3.05) is 13.6 Å². The van der Waals surface area contributed by atoms with Gasteiger partial charge in [0.2, 0.25) is 11.8 Å². The molecule has 0 saturated heterocycles. The Morgan fingerprint density at radius 2 is 1.52 bits per heavy atom. The summed E-state index contributed by atoms with van der Waals surface area (Å²) in [6, 6.07) is 9.24. The summed E-state index contributed by atoms with van der Waals surface area (Å²) in [4.78, 5) is 38.4. The Kier molecular flexibility index (Phi) is 13.3. The molecule has 6 nitrogen and oxygen atoms in total. The van der Waals surface area contributed by atoms with E-state index in [2.05, 4.69) is 26.1 Å². The van der Waals surface area contributed by atoms with Crippen molar-refractivity contribution in [3.63, 3.8) is 0 Å². The van der Waals surface area contributed by atoms with Crippen LogP contribution < -0.4 is 5.32 Å². The second-order valence-electron chi connectivity index (χ2n) is 9.46. The lowest BCUT2D eigenvalue weighted by atomic mass is 9.75. The molecule has 0 aromatic heterocycles. The van der Waals surface area contributed by atoms with Crippen LogP contribution >= 0.6 is 0 Å². The van der Waals surface area contributed by atoms with Crippen molar-refractivity contribution < 1.29 is 19.5 Å². The van der Waals surface area contributed by atoms with E-state index in [4.69, 9.17) is 5.11 Å². The fourth-order valence-electron chi connectivity index (χ4n) is 3.56. The molecular formula is C27H44N2O4. The third-order valence-corrected chi connectivity index (χ3v) is 5.65. The molecule has 0 aliphatic rings. The molecule has 33 heavy (non-hydrogen) atoms. The van der Waals surface area contributed by atoms with Gasteiger partial charge in [0.1, 0.15) is 0 Å². The number of hydrogen-bond donors (Lipinski definition) is 2. The van der Waals surface area contributed by atoms with Crippen molar-refractivity contribution in [3.05, 3.63) is 47.5 Å². The summed E-state index contributed by atoms with van der Waals surface area (Å²) in [5.74, 6) is -0.582. The molecular weight excluding hydrogens is 416 g/mol. The normalized spacial score (nSPS) is 12.6. The summed E-state index contributed by atoms with van der Waals surface area (Å²) >= 11 is 0. The number of nitrogens with zero attached hydrogens (tertiary/aromatic N) is 1. The molecule has 2 amide bonds. The largest absolute Gasteiger partial charge is 0.478 e. The number of rotatable bonds is 10. The molecule has 0 unspecified atom stereocenters. The van der Waals surface area contributed by atoms with Crippen LogP contribution in [0.15, 0.2) is 42.0 Å². The van der Waals surface area contributed by atoms with E-state index in [1.807, 2.05) is 58.0 Å². The van der Waals surface area contributed by atoms with Crippen LogP contribution in [0.2, 0.25) is 0 Å². The number of likely N-dealkylation sites (N-methyl/N-ethyl adjacent to an activating group) is 1. The lowest BCUT2D eigenvalue weighted by Gasteiger charge is -2.32. The number of aliphatic carboxylic acids is 1. The minimum Gasteiger partial charge on any atom is -0.478 e. The van der Waals surface area contributed by atoms with Crippen LogP contribution in [-0.2, 0) is 19.8 Å². The Morgan fingerprint density at radius 3 is 1.91 bits per heavy atom. The molecule has 1 atom stereocenters. The first-order valence-electron chi connectivity index (χ1n) is 11.8. The number of carbonyl (C=O) groups is 3. The molecule has 0 aliphatic heterocycles. The van der Waals surface area contributed by atoms with Crippen molar-refractivity contribution >= 4 is 17.8 Å². The average Bonchev–Trinajstić information content (AvgIpc) is 2.76. The molecule has 0 bridgehead atoms. The number of carboxylic acid groups (broad SMARTS) is 1. The Labute approximate surface area is 200 Å². The summed E-state index contributed by atoms with van der Waals surface area (Å²) in [5.41, 5.74) is 0.438. The summed E-state index contributed by atoms with van der Waals surface area (Å²) in [6.07, 6.45) is 2.83. The van der Waals surface area contributed by atoms with Crippen molar-refractivity contribution in [1.82, 2.24) is 10.2 Å². The van der Waals surface area contributed by atoms with Crippen LogP contribution in [0.1, 0.15) is 73.8 Å². The first-order valence-corrected chi connectivity index (χ1v) is 11.8. The second kappa shape index (κ2) is 14.5. The molecule has 1 rings (SSSR count). The van der Waals surface area contributed by atoms with Crippen LogP contribution in [0.4, 0.5) is 0 Å². The Balaban J connectivity index is 0.00000235. The minimum atomic E-state index is -1.01. The average molecular weight is 461 g/mol. The summed E-state index contributed by atoms with van der Waals surface area (Å²) < 4.78 is 0. The number of hydrogen-bond acceptors (Lipinski definition) is 3. The zero-order valence-corrected chi connectivity index (χ0v) is 21.9. The predicted molar refractivity (Wildman–Crippen MR) is 135 cm³/mol. The molecule has 1 aromatic carbocycles. The van der Waals surface area contributed by atoms with Crippen LogP contribution in [-0.4, -0.2) is 47.4 Å². The van der Waals surface area contributed by atoms with Crippen LogP contribution in [0.25, 0.3) is 0 Å². The molecule has 0 spiro atoms. The van der Waals surface area contributed by atoms with E-state index in [9.17, 15) is 14.4 Å². The van der Waals surface area contributed by atoms with E-state index >= 15 is 0 Å². The smallest absolute Gasteiger partial charge is 0.331 e. The Bertz CT molecular complexity index is 778. The van der Waals surface area contributed by atoms with Crippen molar-refractivity contribution in [2.45, 2.75) is 79.7 Å². The number of benzene rings is 1. The monoisotopic (exact) mass is 460 g/mol. The van der Waals surface area contributed by atoms with E-state index in [-0.39, 0.29) is 35.9 Å². The van der Waals surface area contributed by atoms with Crippen LogP contribution in [0, 0.1) is 11.8 Å². The van der Waals surface area contributed by atoms with Crippen molar-refractivity contribution in [1.29, 1.82) is 0 Å². The van der Waals surface area contributed by atoms with Gasteiger partial charge in [-0.15, -0.1) is 0 Å². The number of carboxylic acids is 1. The van der Waals surface area contributed by atoms with Gasteiger partial charge in [0.25, 0.3) is 0 Å². The van der Waals surface area contributed by atoms with Crippen molar-refractivity contribution in [3.8, 4) is 0 Å². The maximum atomic E-state index is 13.1. The minimum absolute atomic E-state index is 0.0312. The zero-order chi connectivity index (χ0) is 25.8. The first-order chi connectivity index (χ1) is 15.3. The van der Waals surface area contributed by atoms with Gasteiger partial charge >= 0.3 is 5.97 Å². The topological polar surface area (TPSA) is 86.7 Å². The highest BCUT2D eigenvalue weighted by Gasteiger charge is 2.37. The van der Waals surface area contributed by atoms with E-state index in [0.717, 1.165) is 11.5 Å². The lowest BCUT2D eigenvalue weighted by Crippen LogP contribution is -2.49. The van der Waals surface area contributed by atoms with Gasteiger partial charge < -0.3 is 15.3 Å². The quantitative estimate of drug-likeness (QED) is 0.479. The zero-order valence-electron chi connectivity index (χ0n) is 21.9. The second-order valence-corrected chi connectivity index (χ2v) is 9.46. The SMILES string of the molecule is CC(C)C.CCC(CC)(C(=O)NCC(=O)N(C)[C@H](/C=C(\C)C(=O)O)C(C)C)c1ccccc1. The third-order valence-electron chi connectivity index (χ3n) is 5.65. The van der Waals surface area contributed by atoms with E-state index in [0.29, 0.717) is 12.8 Å². The van der Waals surface area contributed by atoms with Gasteiger partial charge in [-0.2, -0.15) is 0 Å². The van der Waals surface area contributed by atoms with Crippen LogP contribution in [0.3, 0.4) is 0 Å². The molecule has 0 radical (unpaired) electrons. The molecule has 0 fully saturated rings. The highest BCUT2D eigenvalue weighted by Crippen LogP contribution is 2.31. The molecule has 2 N–H and O–H groups in total. The van der Waals surface area contributed by atoms with Gasteiger partial charge in [-0.25, -0.2) is 4.79 Å². The highest BCUT2D eigenvalue weighted by molar-refractivity contribution is 5.91. The fourth-order valence-corrected chi connectivity index (χ4v) is 3.56. The molecule has 0 heterocycles. The van der Waals surface area contributed by atoms with Gasteiger partial charge in [0, 0.05) is 12.6 Å². The fraction of sp³-hybridized carbons (Fsp3) is 0.593. The van der Waals surface area contributed by atoms with E-state index in [1.54, 1.807) is 13.1 Å². The maximum absolute atomic E-state index is 13.1. The lowest BCUT2D eigenvalue weighted by molar-refractivity contribution is -0.135. The van der Waals surface area contributed by atoms with Gasteiger partial charge in [-0.3, -0.25) is 9.59 Å². The Morgan fingerprint density at radius 1 is 1.03 bits per heavy atom. The highest BCUT2D eigenvalue weighted by atomic mass is 16.4. The summed E-state index contributed by atoms with van der Waals surface area (Å²) in [7, 11) is 1.63. The standard InChI is InChI=1S/C23H34N2O4.C4H10/c1-7-23(8-2,18-12-10-9-11-13-18)22(29)24-15-20(26)25(6)19(16(3)4)14-17(5)21(27)28;1-4(2)3/h9-14,16,19H,7-8,15H2,1-6H3,(H,24,29)(H,27,28);4H,1-3H3/b17-14+;/t19-;/m1./s1. The van der Waals surface area contributed by atoms with E-state index in [1.165, 1.54) is 11.8 Å². The number of nitrogens with one attached hydrogen (secondary N) is 1. The number of carbonyl (C=O) groups excluding carboxylic acids is 2.